The van der Waals surface area contributed by atoms with Gasteiger partial charge < -0.3 is 10.1 Å². The van der Waals surface area contributed by atoms with Crippen molar-refractivity contribution in [1.82, 2.24) is 9.88 Å². The SMILES string of the molecule is O=C(Nc1ccccc1Oc1cccnc1)C1CCCN1CCc1ccccc1. The van der Waals surface area contributed by atoms with Gasteiger partial charge in [0.2, 0.25) is 5.91 Å². The maximum absolute atomic E-state index is 13.0. The van der Waals surface area contributed by atoms with E-state index in [9.17, 15) is 4.79 Å². The second kappa shape index (κ2) is 9.34. The van der Waals surface area contributed by atoms with Crippen LogP contribution in [0.25, 0.3) is 0 Å². The van der Waals surface area contributed by atoms with E-state index in [1.807, 2.05) is 42.5 Å². The van der Waals surface area contributed by atoms with E-state index in [0.717, 1.165) is 32.4 Å². The molecular formula is C24H25N3O2. The second-order valence-corrected chi connectivity index (χ2v) is 7.21. The number of para-hydroxylation sites is 2. The number of hydrogen-bond acceptors (Lipinski definition) is 4. The third kappa shape index (κ3) is 5.00. The third-order valence-corrected chi connectivity index (χ3v) is 5.20. The highest BCUT2D eigenvalue weighted by Gasteiger charge is 2.30. The summed E-state index contributed by atoms with van der Waals surface area (Å²) in [5.74, 6) is 1.28. The van der Waals surface area contributed by atoms with Crippen LogP contribution < -0.4 is 10.1 Å². The zero-order valence-corrected chi connectivity index (χ0v) is 16.3. The molecule has 5 nitrogen and oxygen atoms in total. The lowest BCUT2D eigenvalue weighted by Crippen LogP contribution is -2.40. The predicted octanol–water partition coefficient (Wildman–Crippen LogP) is 4.52. The first kappa shape index (κ1) is 19.2. The fraction of sp³-hybridized carbons (Fsp3) is 0.250. The molecule has 148 valence electrons. The van der Waals surface area contributed by atoms with Gasteiger partial charge in [0.15, 0.2) is 5.75 Å². The number of carbonyl (C=O) groups excluding carboxylic acids is 1. The first-order valence-electron chi connectivity index (χ1n) is 10.1. The standard InChI is InChI=1S/C24H25N3O2/c28-24(22-12-7-16-27(22)17-14-19-8-2-1-3-9-19)26-21-11-4-5-13-23(21)29-20-10-6-15-25-18-20/h1-6,8-11,13,15,18,22H,7,12,14,16-17H2,(H,26,28). The smallest absolute Gasteiger partial charge is 0.241 e. The number of ether oxygens (including phenoxy) is 1. The molecule has 1 saturated heterocycles. The van der Waals surface area contributed by atoms with Crippen LogP contribution in [0.2, 0.25) is 0 Å². The summed E-state index contributed by atoms with van der Waals surface area (Å²) in [6, 6.07) is 21.5. The van der Waals surface area contributed by atoms with Gasteiger partial charge in [-0.3, -0.25) is 14.7 Å². The molecule has 2 heterocycles. The number of benzene rings is 2. The van der Waals surface area contributed by atoms with E-state index >= 15 is 0 Å². The van der Waals surface area contributed by atoms with Gasteiger partial charge in [0.05, 0.1) is 17.9 Å². The average Bonchev–Trinajstić information content (AvgIpc) is 3.24. The van der Waals surface area contributed by atoms with Gasteiger partial charge in [-0.05, 0) is 55.6 Å². The van der Waals surface area contributed by atoms with E-state index in [1.54, 1.807) is 12.4 Å². The molecule has 1 aromatic heterocycles. The molecule has 1 aliphatic rings. The Balaban J connectivity index is 1.41. The lowest BCUT2D eigenvalue weighted by Gasteiger charge is -2.24. The molecule has 1 unspecified atom stereocenters. The van der Waals surface area contributed by atoms with E-state index in [0.29, 0.717) is 17.2 Å². The number of anilines is 1. The molecule has 0 aliphatic carbocycles. The summed E-state index contributed by atoms with van der Waals surface area (Å²) < 4.78 is 5.91. The summed E-state index contributed by atoms with van der Waals surface area (Å²) in [4.78, 5) is 19.4. The van der Waals surface area contributed by atoms with Gasteiger partial charge in [-0.2, -0.15) is 0 Å². The number of amides is 1. The van der Waals surface area contributed by atoms with E-state index in [1.165, 1.54) is 5.56 Å². The van der Waals surface area contributed by atoms with Crippen molar-refractivity contribution in [3.8, 4) is 11.5 Å². The average molecular weight is 387 g/mol. The Labute approximate surface area is 171 Å². The Morgan fingerprint density at radius 1 is 1.07 bits per heavy atom. The minimum atomic E-state index is -0.106. The molecule has 1 fully saturated rings. The summed E-state index contributed by atoms with van der Waals surface area (Å²) in [5.41, 5.74) is 1.98. The van der Waals surface area contributed by atoms with Crippen molar-refractivity contribution in [2.45, 2.75) is 25.3 Å². The van der Waals surface area contributed by atoms with Crippen molar-refractivity contribution >= 4 is 11.6 Å². The molecule has 1 amide bonds. The molecule has 0 bridgehead atoms. The third-order valence-electron chi connectivity index (χ3n) is 5.20. The largest absolute Gasteiger partial charge is 0.454 e. The molecule has 5 heteroatoms. The molecule has 3 aromatic rings. The predicted molar refractivity (Wildman–Crippen MR) is 114 cm³/mol. The summed E-state index contributed by atoms with van der Waals surface area (Å²) in [7, 11) is 0. The Hall–Kier alpha value is -3.18. The number of carbonyl (C=O) groups is 1. The zero-order valence-electron chi connectivity index (χ0n) is 16.3. The first-order valence-corrected chi connectivity index (χ1v) is 10.1. The fourth-order valence-corrected chi connectivity index (χ4v) is 3.72. The van der Waals surface area contributed by atoms with Crippen molar-refractivity contribution in [3.63, 3.8) is 0 Å². The van der Waals surface area contributed by atoms with Crippen molar-refractivity contribution in [1.29, 1.82) is 0 Å². The van der Waals surface area contributed by atoms with Crippen molar-refractivity contribution in [2.24, 2.45) is 0 Å². The van der Waals surface area contributed by atoms with Crippen LogP contribution >= 0.6 is 0 Å². The van der Waals surface area contributed by atoms with E-state index in [4.69, 9.17) is 4.74 Å². The number of hydrogen-bond donors (Lipinski definition) is 1. The van der Waals surface area contributed by atoms with Crippen LogP contribution in [0.15, 0.2) is 79.1 Å². The highest BCUT2D eigenvalue weighted by atomic mass is 16.5. The number of nitrogens with one attached hydrogen (secondary N) is 1. The summed E-state index contributed by atoms with van der Waals surface area (Å²) in [6.45, 7) is 1.84. The minimum Gasteiger partial charge on any atom is -0.454 e. The quantitative estimate of drug-likeness (QED) is 0.648. The molecule has 1 atom stereocenters. The molecular weight excluding hydrogens is 362 g/mol. The Bertz CT molecular complexity index is 931. The van der Waals surface area contributed by atoms with Gasteiger partial charge in [-0.25, -0.2) is 0 Å². The number of pyridine rings is 1. The summed E-state index contributed by atoms with van der Waals surface area (Å²) in [6.07, 6.45) is 6.23. The van der Waals surface area contributed by atoms with Crippen molar-refractivity contribution in [2.75, 3.05) is 18.4 Å². The Morgan fingerprint density at radius 3 is 2.72 bits per heavy atom. The van der Waals surface area contributed by atoms with Crippen LogP contribution in [0, 0.1) is 0 Å². The molecule has 0 radical (unpaired) electrons. The summed E-state index contributed by atoms with van der Waals surface area (Å²) >= 11 is 0. The molecule has 1 aliphatic heterocycles. The van der Waals surface area contributed by atoms with Gasteiger partial charge >= 0.3 is 0 Å². The normalized spacial score (nSPS) is 16.5. The first-order chi connectivity index (χ1) is 14.3. The summed E-state index contributed by atoms with van der Waals surface area (Å²) in [5, 5.41) is 3.07. The van der Waals surface area contributed by atoms with Crippen LogP contribution in [-0.4, -0.2) is 34.9 Å². The number of nitrogens with zero attached hydrogens (tertiary/aromatic N) is 2. The number of likely N-dealkylation sites (tertiary alicyclic amines) is 1. The zero-order chi connectivity index (χ0) is 19.9. The van der Waals surface area contributed by atoms with Crippen LogP contribution in [0.1, 0.15) is 18.4 Å². The monoisotopic (exact) mass is 387 g/mol. The van der Waals surface area contributed by atoms with Gasteiger partial charge in [0.25, 0.3) is 0 Å². The van der Waals surface area contributed by atoms with Crippen molar-refractivity contribution in [3.05, 3.63) is 84.7 Å². The van der Waals surface area contributed by atoms with Crippen LogP contribution in [0.4, 0.5) is 5.69 Å². The highest BCUT2D eigenvalue weighted by Crippen LogP contribution is 2.29. The van der Waals surface area contributed by atoms with Gasteiger partial charge in [-0.1, -0.05) is 42.5 Å². The molecule has 2 aromatic carbocycles. The maximum atomic E-state index is 13.0. The molecule has 4 rings (SSSR count). The Morgan fingerprint density at radius 2 is 1.90 bits per heavy atom. The van der Waals surface area contributed by atoms with Gasteiger partial charge in [0, 0.05) is 12.7 Å². The second-order valence-electron chi connectivity index (χ2n) is 7.21. The van der Waals surface area contributed by atoms with Crippen LogP contribution in [0.5, 0.6) is 11.5 Å². The van der Waals surface area contributed by atoms with Gasteiger partial charge in [-0.15, -0.1) is 0 Å². The minimum absolute atomic E-state index is 0.0257. The fourth-order valence-electron chi connectivity index (χ4n) is 3.72. The van der Waals surface area contributed by atoms with Crippen molar-refractivity contribution < 1.29 is 9.53 Å². The van der Waals surface area contributed by atoms with E-state index in [2.05, 4.69) is 39.5 Å². The van der Waals surface area contributed by atoms with E-state index < -0.39 is 0 Å². The topological polar surface area (TPSA) is 54.5 Å². The Kier molecular flexibility index (Phi) is 6.17. The van der Waals surface area contributed by atoms with E-state index in [-0.39, 0.29) is 11.9 Å². The lowest BCUT2D eigenvalue weighted by molar-refractivity contribution is -0.120. The number of rotatable bonds is 7. The lowest BCUT2D eigenvalue weighted by atomic mass is 10.1. The van der Waals surface area contributed by atoms with Crippen LogP contribution in [-0.2, 0) is 11.2 Å². The highest BCUT2D eigenvalue weighted by molar-refractivity contribution is 5.96. The molecule has 0 saturated carbocycles. The molecule has 1 N–H and O–H groups in total. The molecule has 0 spiro atoms. The molecule has 29 heavy (non-hydrogen) atoms. The maximum Gasteiger partial charge on any atom is 0.241 e. The van der Waals surface area contributed by atoms with Gasteiger partial charge in [0.1, 0.15) is 5.75 Å². The number of aromatic nitrogens is 1. The van der Waals surface area contributed by atoms with Crippen LogP contribution in [0.3, 0.4) is 0 Å².